The smallest absolute Gasteiger partial charge is 0.242 e. The van der Waals surface area contributed by atoms with Crippen molar-refractivity contribution < 1.29 is 4.79 Å². The molecule has 0 aliphatic carbocycles. The van der Waals surface area contributed by atoms with Crippen molar-refractivity contribution in [3.63, 3.8) is 0 Å². The maximum absolute atomic E-state index is 12.0. The minimum Gasteiger partial charge on any atom is -0.342 e. The van der Waals surface area contributed by atoms with Gasteiger partial charge in [-0.25, -0.2) is 0 Å². The maximum Gasteiger partial charge on any atom is 0.242 e. The molecule has 1 unspecified atom stereocenters. The number of hydrogen-bond acceptors (Lipinski definition) is 2. The van der Waals surface area contributed by atoms with E-state index in [1.165, 1.54) is 0 Å². The molecule has 0 aromatic carbocycles. The Morgan fingerprint density at radius 1 is 1.54 bits per heavy atom. The van der Waals surface area contributed by atoms with Gasteiger partial charge in [-0.15, -0.1) is 0 Å². The lowest BCUT2D eigenvalue weighted by Crippen LogP contribution is -2.53. The van der Waals surface area contributed by atoms with E-state index in [-0.39, 0.29) is 17.5 Å². The number of nitrogens with one attached hydrogen (secondary N) is 1. The minimum atomic E-state index is -0.307. The molecule has 3 nitrogen and oxygen atoms in total. The normalized spacial score (nSPS) is 28.1. The Labute approximate surface area is 80.5 Å². The topological polar surface area (TPSA) is 32.3 Å². The van der Waals surface area contributed by atoms with Gasteiger partial charge in [0, 0.05) is 13.1 Å². The van der Waals surface area contributed by atoms with E-state index in [0.29, 0.717) is 0 Å². The van der Waals surface area contributed by atoms with Gasteiger partial charge >= 0.3 is 0 Å². The molecule has 0 aromatic heterocycles. The predicted molar refractivity (Wildman–Crippen MR) is 53.5 cm³/mol. The number of nitrogens with zero attached hydrogens (tertiary/aromatic N) is 1. The predicted octanol–water partition coefficient (Wildman–Crippen LogP) is 0.995. The fourth-order valence-corrected chi connectivity index (χ4v) is 1.70. The number of carbonyl (C=O) groups excluding carboxylic acids is 1. The number of amides is 1. The molecule has 1 aliphatic rings. The van der Waals surface area contributed by atoms with Crippen molar-refractivity contribution in [2.75, 3.05) is 13.6 Å². The Hall–Kier alpha value is -0.570. The molecule has 1 rings (SSSR count). The van der Waals surface area contributed by atoms with Crippen LogP contribution in [0.1, 0.15) is 33.6 Å². The summed E-state index contributed by atoms with van der Waals surface area (Å²) in [6.07, 6.45) is 2.07. The lowest BCUT2D eigenvalue weighted by atomic mass is 9.98. The van der Waals surface area contributed by atoms with Gasteiger partial charge in [0.25, 0.3) is 0 Å². The summed E-state index contributed by atoms with van der Waals surface area (Å²) < 4.78 is 0. The highest BCUT2D eigenvalue weighted by molar-refractivity contribution is 5.86. The standard InChI is InChI=1S/C10H20N2O/c1-8(2)12(4)9(13)10(3)6-5-7-11-10/h8,11H,5-7H2,1-4H3. The zero-order valence-electron chi connectivity index (χ0n) is 9.05. The van der Waals surface area contributed by atoms with Gasteiger partial charge in [-0.05, 0) is 40.2 Å². The summed E-state index contributed by atoms with van der Waals surface area (Å²) in [5, 5.41) is 3.28. The number of likely N-dealkylation sites (N-methyl/N-ethyl adjacent to an activating group) is 1. The molecule has 0 bridgehead atoms. The van der Waals surface area contributed by atoms with Crippen LogP contribution < -0.4 is 5.32 Å². The van der Waals surface area contributed by atoms with Crippen LogP contribution in [0.25, 0.3) is 0 Å². The van der Waals surface area contributed by atoms with Crippen LogP contribution in [0.15, 0.2) is 0 Å². The Bertz CT molecular complexity index is 195. The van der Waals surface area contributed by atoms with Crippen molar-refractivity contribution in [3.8, 4) is 0 Å². The molecule has 1 atom stereocenters. The Kier molecular flexibility index (Phi) is 2.96. The fraction of sp³-hybridized carbons (Fsp3) is 0.900. The van der Waals surface area contributed by atoms with Crippen molar-refractivity contribution in [2.45, 2.75) is 45.2 Å². The molecule has 1 N–H and O–H groups in total. The van der Waals surface area contributed by atoms with Crippen molar-refractivity contribution >= 4 is 5.91 Å². The van der Waals surface area contributed by atoms with Crippen LogP contribution in [-0.2, 0) is 4.79 Å². The third-order valence-electron chi connectivity index (χ3n) is 2.94. The molecule has 76 valence electrons. The lowest BCUT2D eigenvalue weighted by Gasteiger charge is -2.31. The monoisotopic (exact) mass is 184 g/mol. The zero-order chi connectivity index (χ0) is 10.1. The number of rotatable bonds is 2. The molecule has 3 heteroatoms. The zero-order valence-corrected chi connectivity index (χ0v) is 9.05. The quantitative estimate of drug-likeness (QED) is 0.694. The van der Waals surface area contributed by atoms with Crippen LogP contribution in [-0.4, -0.2) is 36.0 Å². The van der Waals surface area contributed by atoms with Crippen LogP contribution >= 0.6 is 0 Å². The summed E-state index contributed by atoms with van der Waals surface area (Å²) >= 11 is 0. The van der Waals surface area contributed by atoms with Crippen molar-refractivity contribution in [1.82, 2.24) is 10.2 Å². The summed E-state index contributed by atoms with van der Waals surface area (Å²) in [4.78, 5) is 13.8. The van der Waals surface area contributed by atoms with E-state index >= 15 is 0 Å². The molecule has 0 spiro atoms. The van der Waals surface area contributed by atoms with Crippen LogP contribution in [0, 0.1) is 0 Å². The molecular formula is C10H20N2O. The molecule has 1 saturated heterocycles. The summed E-state index contributed by atoms with van der Waals surface area (Å²) in [7, 11) is 1.87. The van der Waals surface area contributed by atoms with E-state index in [1.54, 1.807) is 0 Å². The lowest BCUT2D eigenvalue weighted by molar-refractivity contribution is -0.137. The van der Waals surface area contributed by atoms with E-state index in [2.05, 4.69) is 5.32 Å². The Balaban J connectivity index is 2.65. The molecule has 1 heterocycles. The van der Waals surface area contributed by atoms with Crippen molar-refractivity contribution in [2.24, 2.45) is 0 Å². The van der Waals surface area contributed by atoms with E-state index in [0.717, 1.165) is 19.4 Å². The van der Waals surface area contributed by atoms with Gasteiger partial charge in [0.15, 0.2) is 0 Å². The third kappa shape index (κ3) is 2.02. The second-order valence-corrected chi connectivity index (χ2v) is 4.37. The highest BCUT2D eigenvalue weighted by Crippen LogP contribution is 2.21. The Morgan fingerprint density at radius 2 is 2.15 bits per heavy atom. The number of hydrogen-bond donors (Lipinski definition) is 1. The fourth-order valence-electron chi connectivity index (χ4n) is 1.70. The van der Waals surface area contributed by atoms with Gasteiger partial charge in [-0.2, -0.15) is 0 Å². The van der Waals surface area contributed by atoms with Crippen LogP contribution in [0.5, 0.6) is 0 Å². The molecule has 0 radical (unpaired) electrons. The number of carbonyl (C=O) groups is 1. The molecule has 1 aliphatic heterocycles. The van der Waals surface area contributed by atoms with Gasteiger partial charge in [-0.1, -0.05) is 0 Å². The van der Waals surface area contributed by atoms with Crippen LogP contribution in [0.4, 0.5) is 0 Å². The summed E-state index contributed by atoms with van der Waals surface area (Å²) in [6, 6.07) is 0.284. The van der Waals surface area contributed by atoms with Gasteiger partial charge in [0.1, 0.15) is 0 Å². The average molecular weight is 184 g/mol. The Morgan fingerprint density at radius 3 is 2.54 bits per heavy atom. The largest absolute Gasteiger partial charge is 0.342 e. The maximum atomic E-state index is 12.0. The molecule has 0 saturated carbocycles. The third-order valence-corrected chi connectivity index (χ3v) is 2.94. The van der Waals surface area contributed by atoms with E-state index in [1.807, 2.05) is 32.7 Å². The molecular weight excluding hydrogens is 164 g/mol. The molecule has 13 heavy (non-hydrogen) atoms. The van der Waals surface area contributed by atoms with Gasteiger partial charge < -0.3 is 10.2 Å². The first kappa shape index (κ1) is 10.5. The SMILES string of the molecule is CC(C)N(C)C(=O)C1(C)CCCN1. The summed E-state index contributed by atoms with van der Waals surface area (Å²) in [5.41, 5.74) is -0.307. The average Bonchev–Trinajstić information content (AvgIpc) is 2.50. The molecule has 1 fully saturated rings. The first-order chi connectivity index (χ1) is 5.97. The van der Waals surface area contributed by atoms with Crippen LogP contribution in [0.2, 0.25) is 0 Å². The van der Waals surface area contributed by atoms with Gasteiger partial charge in [0.2, 0.25) is 5.91 Å². The molecule has 0 aromatic rings. The van der Waals surface area contributed by atoms with E-state index in [9.17, 15) is 4.79 Å². The molecule has 1 amide bonds. The van der Waals surface area contributed by atoms with Gasteiger partial charge in [-0.3, -0.25) is 4.79 Å². The van der Waals surface area contributed by atoms with Crippen molar-refractivity contribution in [3.05, 3.63) is 0 Å². The first-order valence-corrected chi connectivity index (χ1v) is 4.99. The summed E-state index contributed by atoms with van der Waals surface area (Å²) in [6.45, 7) is 7.04. The minimum absolute atomic E-state index is 0.222. The van der Waals surface area contributed by atoms with E-state index in [4.69, 9.17) is 0 Å². The highest BCUT2D eigenvalue weighted by atomic mass is 16.2. The second kappa shape index (κ2) is 3.66. The van der Waals surface area contributed by atoms with Crippen LogP contribution in [0.3, 0.4) is 0 Å². The van der Waals surface area contributed by atoms with E-state index < -0.39 is 0 Å². The van der Waals surface area contributed by atoms with Crippen molar-refractivity contribution in [1.29, 1.82) is 0 Å². The highest BCUT2D eigenvalue weighted by Gasteiger charge is 2.38. The van der Waals surface area contributed by atoms with Gasteiger partial charge in [0.05, 0.1) is 5.54 Å². The summed E-state index contributed by atoms with van der Waals surface area (Å²) in [5.74, 6) is 0.222. The second-order valence-electron chi connectivity index (χ2n) is 4.37. The first-order valence-electron chi connectivity index (χ1n) is 4.99.